The van der Waals surface area contributed by atoms with Gasteiger partial charge in [-0.25, -0.2) is 9.82 Å². The number of amides is 1. The number of nitrogens with zero attached hydrogens (tertiary/aromatic N) is 3. The molecule has 3 rings (SSSR count). The predicted molar refractivity (Wildman–Crippen MR) is 120 cm³/mol. The van der Waals surface area contributed by atoms with E-state index in [-0.39, 0.29) is 24.2 Å². The third-order valence-corrected chi connectivity index (χ3v) is 7.24. The molecule has 33 heavy (non-hydrogen) atoms. The van der Waals surface area contributed by atoms with Crippen molar-refractivity contribution in [3.05, 3.63) is 60.2 Å². The second kappa shape index (κ2) is 12.0. The zero-order valence-corrected chi connectivity index (χ0v) is 19.6. The van der Waals surface area contributed by atoms with Gasteiger partial charge in [0.15, 0.2) is 5.78 Å². The number of hydrazine groups is 1. The summed E-state index contributed by atoms with van der Waals surface area (Å²) >= 11 is 1.03. The van der Waals surface area contributed by atoms with Crippen molar-refractivity contribution >= 4 is 25.3 Å². The minimum absolute atomic E-state index is 0.0608. The van der Waals surface area contributed by atoms with Crippen LogP contribution in [0.4, 0.5) is 4.39 Å². The van der Waals surface area contributed by atoms with Gasteiger partial charge in [-0.05, 0) is 43.7 Å². The van der Waals surface area contributed by atoms with Gasteiger partial charge in [-0.15, -0.1) is 10.2 Å². The van der Waals surface area contributed by atoms with Crippen LogP contribution in [0.3, 0.4) is 0 Å². The molecule has 1 unspecified atom stereocenters. The van der Waals surface area contributed by atoms with E-state index in [1.54, 1.807) is 38.4 Å². The topological polar surface area (TPSA) is 128 Å². The summed E-state index contributed by atoms with van der Waals surface area (Å²) in [5.74, 6) is -1.70. The van der Waals surface area contributed by atoms with Gasteiger partial charge >= 0.3 is 7.60 Å². The number of carbonyl (C=O) groups excluding carboxylic acids is 1. The van der Waals surface area contributed by atoms with Crippen LogP contribution in [0.25, 0.3) is 11.5 Å². The molecular weight excluding hydrogens is 472 g/mol. The van der Waals surface area contributed by atoms with Gasteiger partial charge in [-0.2, -0.15) is 0 Å². The molecule has 1 aromatic carbocycles. The Morgan fingerprint density at radius 1 is 1.12 bits per heavy atom. The summed E-state index contributed by atoms with van der Waals surface area (Å²) in [7, 11) is -3.73. The highest BCUT2D eigenvalue weighted by atomic mass is 32.2. The number of hydrogen-bond acceptors (Lipinski definition) is 10. The lowest BCUT2D eigenvalue weighted by atomic mass is 10.2. The van der Waals surface area contributed by atoms with Crippen molar-refractivity contribution in [2.24, 2.45) is 0 Å². The van der Waals surface area contributed by atoms with Gasteiger partial charge in [0.05, 0.1) is 19.0 Å². The van der Waals surface area contributed by atoms with Crippen molar-refractivity contribution in [1.82, 2.24) is 26.0 Å². The molecule has 0 fully saturated rings. The third kappa shape index (κ3) is 6.92. The third-order valence-electron chi connectivity index (χ3n) is 4.13. The summed E-state index contributed by atoms with van der Waals surface area (Å²) in [6, 6.07) is 8.78. The molecule has 0 aliphatic rings. The number of hydrogen-bond donors (Lipinski definition) is 2. The molecule has 1 amide bonds. The van der Waals surface area contributed by atoms with Crippen LogP contribution in [0.1, 0.15) is 25.2 Å². The zero-order valence-electron chi connectivity index (χ0n) is 17.9. The molecule has 176 valence electrons. The van der Waals surface area contributed by atoms with Crippen LogP contribution in [0.15, 0.2) is 58.4 Å². The average Bonchev–Trinajstić information content (AvgIpc) is 3.29. The number of aromatic nitrogens is 3. The monoisotopic (exact) mass is 495 g/mol. The molecule has 1 atom stereocenters. The van der Waals surface area contributed by atoms with Gasteiger partial charge in [0.25, 0.3) is 5.22 Å². The van der Waals surface area contributed by atoms with Crippen LogP contribution in [-0.2, 0) is 18.4 Å². The first kappa shape index (κ1) is 25.0. The molecule has 0 saturated heterocycles. The number of pyridine rings is 1. The second-order valence-corrected chi connectivity index (χ2v) is 9.46. The summed E-state index contributed by atoms with van der Waals surface area (Å²) in [6.07, 6.45) is 3.21. The minimum atomic E-state index is -3.73. The lowest BCUT2D eigenvalue weighted by molar-refractivity contribution is -0.119. The Hall–Kier alpha value is -2.63. The minimum Gasteiger partial charge on any atom is -0.411 e. The first-order valence-electron chi connectivity index (χ1n) is 10.0. The highest BCUT2D eigenvalue weighted by molar-refractivity contribution is 7.99. The van der Waals surface area contributed by atoms with Crippen molar-refractivity contribution in [3.63, 3.8) is 0 Å². The van der Waals surface area contributed by atoms with E-state index in [1.807, 2.05) is 0 Å². The van der Waals surface area contributed by atoms with Crippen molar-refractivity contribution in [3.8, 4) is 11.5 Å². The van der Waals surface area contributed by atoms with E-state index in [4.69, 9.17) is 13.5 Å². The van der Waals surface area contributed by atoms with E-state index in [1.165, 1.54) is 24.3 Å². The largest absolute Gasteiger partial charge is 0.411 e. The number of nitrogens with one attached hydrogen (secondary N) is 2. The highest BCUT2D eigenvalue weighted by Crippen LogP contribution is 2.59. The van der Waals surface area contributed by atoms with E-state index < -0.39 is 25.1 Å². The Morgan fingerprint density at radius 3 is 2.42 bits per heavy atom. The van der Waals surface area contributed by atoms with Crippen LogP contribution >= 0.6 is 19.4 Å². The number of carbonyl (C=O) groups is 1. The molecule has 0 bridgehead atoms. The normalized spacial score (nSPS) is 12.5. The molecule has 0 saturated carbocycles. The first-order valence-corrected chi connectivity index (χ1v) is 12.6. The molecule has 3 aromatic rings. The molecule has 0 aliphatic heterocycles. The Labute approximate surface area is 194 Å². The molecule has 2 heterocycles. The zero-order chi connectivity index (χ0) is 23.7. The van der Waals surface area contributed by atoms with E-state index in [9.17, 15) is 13.8 Å². The van der Waals surface area contributed by atoms with E-state index in [2.05, 4.69) is 26.0 Å². The fourth-order valence-corrected chi connectivity index (χ4v) is 5.14. The first-order chi connectivity index (χ1) is 15.9. The van der Waals surface area contributed by atoms with Crippen molar-refractivity contribution < 1.29 is 27.2 Å². The van der Waals surface area contributed by atoms with Crippen LogP contribution in [0.5, 0.6) is 0 Å². The summed E-state index contributed by atoms with van der Waals surface area (Å²) < 4.78 is 43.1. The second-order valence-electron chi connectivity index (χ2n) is 6.42. The van der Waals surface area contributed by atoms with E-state index in [0.717, 1.165) is 11.8 Å². The fourth-order valence-electron chi connectivity index (χ4n) is 2.73. The Balaban J connectivity index is 1.64. The fraction of sp³-hybridized carbons (Fsp3) is 0.300. The number of thioether (sulfide) groups is 1. The summed E-state index contributed by atoms with van der Waals surface area (Å²) in [6.45, 7) is 3.59. The maximum Gasteiger partial charge on any atom is 0.353 e. The van der Waals surface area contributed by atoms with Gasteiger partial charge in [-0.3, -0.25) is 19.8 Å². The molecule has 2 aromatic heterocycles. The molecule has 10 nitrogen and oxygen atoms in total. The standard InChI is InChI=1S/C20H23FN5O5PS/c1-3-29-32(28,30-4-2)19(15-5-7-16(21)8-6-15)25-23-17(27)13-33-20-26-24-18(31-20)14-9-11-22-12-10-14/h5-12,19,25H,3-4,13H2,1-2H3,(H,23,27). The SMILES string of the molecule is CCOP(=O)(OCC)C(NNC(=O)CSc1nnc(-c2ccncc2)o1)c1ccc(F)cc1. The molecule has 0 spiro atoms. The molecule has 13 heteroatoms. The van der Waals surface area contributed by atoms with Gasteiger partial charge in [0, 0.05) is 18.0 Å². The Kier molecular flexibility index (Phi) is 9.10. The Bertz CT molecular complexity index is 1080. The van der Waals surface area contributed by atoms with Crippen LogP contribution in [0, 0.1) is 5.82 Å². The number of halogens is 1. The van der Waals surface area contributed by atoms with Gasteiger partial charge in [-0.1, -0.05) is 23.9 Å². The highest BCUT2D eigenvalue weighted by Gasteiger charge is 2.37. The van der Waals surface area contributed by atoms with E-state index >= 15 is 0 Å². The molecular formula is C20H23FN5O5PS. The quantitative estimate of drug-likeness (QED) is 0.216. The maximum atomic E-state index is 13.4. The van der Waals surface area contributed by atoms with Gasteiger partial charge in [0.1, 0.15) is 5.82 Å². The summed E-state index contributed by atoms with van der Waals surface area (Å²) in [5, 5.41) is 8.06. The molecule has 2 N–H and O–H groups in total. The number of benzene rings is 1. The van der Waals surface area contributed by atoms with Crippen LogP contribution < -0.4 is 10.9 Å². The lowest BCUT2D eigenvalue weighted by Crippen LogP contribution is -2.41. The molecule has 0 aliphatic carbocycles. The van der Waals surface area contributed by atoms with Crippen LogP contribution in [0.2, 0.25) is 0 Å². The average molecular weight is 495 g/mol. The maximum absolute atomic E-state index is 13.4. The predicted octanol–water partition coefficient (Wildman–Crippen LogP) is 3.95. The van der Waals surface area contributed by atoms with E-state index in [0.29, 0.717) is 17.0 Å². The van der Waals surface area contributed by atoms with Crippen LogP contribution in [-0.4, -0.2) is 40.1 Å². The smallest absolute Gasteiger partial charge is 0.353 e. The molecule has 0 radical (unpaired) electrons. The number of rotatable bonds is 12. The lowest BCUT2D eigenvalue weighted by Gasteiger charge is -2.27. The van der Waals surface area contributed by atoms with Crippen molar-refractivity contribution in [2.75, 3.05) is 19.0 Å². The van der Waals surface area contributed by atoms with Gasteiger partial charge in [0.2, 0.25) is 11.8 Å². The van der Waals surface area contributed by atoms with Gasteiger partial charge < -0.3 is 13.5 Å². The van der Waals surface area contributed by atoms with Crippen molar-refractivity contribution in [2.45, 2.75) is 24.9 Å². The summed E-state index contributed by atoms with van der Waals surface area (Å²) in [4.78, 5) is 16.3. The summed E-state index contributed by atoms with van der Waals surface area (Å²) in [5.41, 5.74) is 6.34. The van der Waals surface area contributed by atoms with Crippen molar-refractivity contribution in [1.29, 1.82) is 0 Å². The Morgan fingerprint density at radius 2 is 1.79 bits per heavy atom.